The summed E-state index contributed by atoms with van der Waals surface area (Å²) in [5.74, 6) is -1.19. The first kappa shape index (κ1) is 19.9. The van der Waals surface area contributed by atoms with E-state index in [1.165, 1.54) is 36.4 Å². The van der Waals surface area contributed by atoms with Gasteiger partial charge >= 0.3 is 6.03 Å². The molecule has 0 spiro atoms. The Morgan fingerprint density at radius 2 is 1.73 bits per heavy atom. The molecular formula is C22H17ClFN3O3. The summed E-state index contributed by atoms with van der Waals surface area (Å²) >= 11 is 5.94. The van der Waals surface area contributed by atoms with Gasteiger partial charge < -0.3 is 15.7 Å². The number of urea groups is 1. The molecule has 0 aromatic heterocycles. The monoisotopic (exact) mass is 425 g/mol. The molecule has 0 bridgehead atoms. The second-order valence-electron chi connectivity index (χ2n) is 6.77. The second kappa shape index (κ2) is 7.78. The van der Waals surface area contributed by atoms with Crippen molar-refractivity contribution in [3.8, 4) is 0 Å². The number of carbonyl (C=O) groups excluding carboxylic acids is 2. The molecule has 3 amide bonds. The number of amides is 3. The van der Waals surface area contributed by atoms with E-state index in [4.69, 9.17) is 11.6 Å². The van der Waals surface area contributed by atoms with Gasteiger partial charge in [0.15, 0.2) is 0 Å². The average molecular weight is 426 g/mol. The number of carbonyl (C=O) groups is 2. The van der Waals surface area contributed by atoms with Crippen LogP contribution in [0.2, 0.25) is 5.02 Å². The highest BCUT2D eigenvalue weighted by Crippen LogP contribution is 2.39. The van der Waals surface area contributed by atoms with Crippen LogP contribution in [0, 0.1) is 5.82 Å². The maximum Gasteiger partial charge on any atom is 0.329 e. The van der Waals surface area contributed by atoms with Crippen molar-refractivity contribution in [2.45, 2.75) is 12.3 Å². The Balaban J connectivity index is 1.74. The van der Waals surface area contributed by atoms with Crippen LogP contribution in [0.1, 0.15) is 11.1 Å². The third kappa shape index (κ3) is 3.49. The lowest BCUT2D eigenvalue weighted by atomic mass is 9.94. The number of nitrogens with zero attached hydrogens (tertiary/aromatic N) is 1. The largest absolute Gasteiger partial charge is 0.359 e. The van der Waals surface area contributed by atoms with E-state index in [0.29, 0.717) is 16.3 Å². The fourth-order valence-corrected chi connectivity index (χ4v) is 3.49. The highest BCUT2D eigenvalue weighted by molar-refractivity contribution is 6.30. The van der Waals surface area contributed by atoms with Crippen LogP contribution in [-0.4, -0.2) is 17.0 Å². The summed E-state index contributed by atoms with van der Waals surface area (Å²) in [5.41, 5.74) is -0.846. The fourth-order valence-electron chi connectivity index (χ4n) is 3.36. The first-order valence-electron chi connectivity index (χ1n) is 9.11. The summed E-state index contributed by atoms with van der Waals surface area (Å²) in [5, 5.41) is 17.4. The molecule has 0 fully saturated rings. The van der Waals surface area contributed by atoms with Gasteiger partial charge in [-0.25, -0.2) is 9.18 Å². The maximum absolute atomic E-state index is 13.2. The third-order valence-corrected chi connectivity index (χ3v) is 5.09. The predicted molar refractivity (Wildman–Crippen MR) is 112 cm³/mol. The Hall–Kier alpha value is -3.42. The van der Waals surface area contributed by atoms with Gasteiger partial charge in [-0.3, -0.25) is 9.69 Å². The Morgan fingerprint density at radius 3 is 2.43 bits per heavy atom. The second-order valence-corrected chi connectivity index (χ2v) is 7.21. The van der Waals surface area contributed by atoms with Crippen molar-refractivity contribution < 1.29 is 19.1 Å². The predicted octanol–water partition coefficient (Wildman–Crippen LogP) is 3.99. The lowest BCUT2D eigenvalue weighted by Crippen LogP contribution is -2.62. The van der Waals surface area contributed by atoms with Crippen LogP contribution in [0.25, 0.3) is 0 Å². The molecule has 3 aromatic carbocycles. The Kier molecular flexibility index (Phi) is 5.15. The molecule has 152 valence electrons. The first-order valence-corrected chi connectivity index (χ1v) is 9.49. The molecule has 0 saturated carbocycles. The van der Waals surface area contributed by atoms with Crippen LogP contribution in [-0.2, 0) is 17.1 Å². The number of nitrogens with one attached hydrogen (secondary N) is 2. The maximum atomic E-state index is 13.2. The molecule has 0 aliphatic carbocycles. The lowest BCUT2D eigenvalue weighted by molar-refractivity contribution is -0.140. The zero-order chi connectivity index (χ0) is 21.3. The number of fused-ring (bicyclic) bond motifs is 1. The summed E-state index contributed by atoms with van der Waals surface area (Å²) in [6.45, 7) is 0.0413. The number of hydrogen-bond donors (Lipinski definition) is 3. The Bertz CT molecular complexity index is 1110. The molecular weight excluding hydrogens is 409 g/mol. The van der Waals surface area contributed by atoms with Gasteiger partial charge in [0, 0.05) is 22.8 Å². The van der Waals surface area contributed by atoms with Crippen LogP contribution in [0.3, 0.4) is 0 Å². The summed E-state index contributed by atoms with van der Waals surface area (Å²) < 4.78 is 13.1. The number of aliphatic hydroxyl groups is 1. The van der Waals surface area contributed by atoms with Crippen LogP contribution in [0.4, 0.5) is 20.6 Å². The zero-order valence-corrected chi connectivity index (χ0v) is 16.4. The molecule has 1 aliphatic heterocycles. The van der Waals surface area contributed by atoms with Gasteiger partial charge in [0.05, 0.1) is 5.69 Å². The van der Waals surface area contributed by atoms with Crippen LogP contribution in [0.15, 0.2) is 72.8 Å². The number of hydrogen-bond acceptors (Lipinski definition) is 3. The van der Waals surface area contributed by atoms with Gasteiger partial charge in [-0.15, -0.1) is 0 Å². The standard InChI is InChI=1S/C22H17ClFN3O3/c23-15-7-11-17(12-8-15)27-21(29)26-19-4-2-1-3-18(19)22(27,30)20(28)25-13-14-5-9-16(24)10-6-14/h1-12,30H,13H2,(H,25,28)(H,26,29). The van der Waals surface area contributed by atoms with Crippen molar-refractivity contribution in [2.75, 3.05) is 10.2 Å². The van der Waals surface area contributed by atoms with E-state index in [9.17, 15) is 19.1 Å². The molecule has 0 radical (unpaired) electrons. The van der Waals surface area contributed by atoms with E-state index < -0.39 is 23.5 Å². The lowest BCUT2D eigenvalue weighted by Gasteiger charge is -2.42. The van der Waals surface area contributed by atoms with Gasteiger partial charge in [0.1, 0.15) is 5.82 Å². The minimum absolute atomic E-state index is 0.0413. The van der Waals surface area contributed by atoms with Crippen LogP contribution < -0.4 is 15.5 Å². The van der Waals surface area contributed by atoms with Gasteiger partial charge in [0.25, 0.3) is 11.6 Å². The molecule has 30 heavy (non-hydrogen) atoms. The number of benzene rings is 3. The van der Waals surface area contributed by atoms with Crippen LogP contribution in [0.5, 0.6) is 0 Å². The Morgan fingerprint density at radius 1 is 1.07 bits per heavy atom. The SMILES string of the molecule is O=C1Nc2ccccc2C(O)(C(=O)NCc2ccc(F)cc2)N1c1ccc(Cl)cc1. The van der Waals surface area contributed by atoms with Gasteiger partial charge in [-0.1, -0.05) is 41.9 Å². The molecule has 4 rings (SSSR count). The number of anilines is 2. The van der Waals surface area contributed by atoms with Crippen molar-refractivity contribution in [3.05, 3.63) is 94.8 Å². The fraction of sp³-hybridized carbons (Fsp3) is 0.0909. The van der Waals surface area contributed by atoms with Crippen molar-refractivity contribution in [2.24, 2.45) is 0 Å². The summed E-state index contributed by atoms with van der Waals surface area (Å²) in [4.78, 5) is 27.1. The molecule has 1 aliphatic rings. The van der Waals surface area contributed by atoms with E-state index >= 15 is 0 Å². The van der Waals surface area contributed by atoms with Crippen LogP contribution >= 0.6 is 11.6 Å². The summed E-state index contributed by atoms with van der Waals surface area (Å²) in [7, 11) is 0. The minimum atomic E-state index is -2.31. The zero-order valence-electron chi connectivity index (χ0n) is 15.6. The molecule has 1 atom stereocenters. The van der Waals surface area contributed by atoms with E-state index in [1.807, 2.05) is 0 Å². The van der Waals surface area contributed by atoms with E-state index in [-0.39, 0.29) is 17.8 Å². The topological polar surface area (TPSA) is 81.7 Å². The van der Waals surface area contributed by atoms with E-state index in [2.05, 4.69) is 10.6 Å². The number of para-hydroxylation sites is 1. The molecule has 3 aromatic rings. The van der Waals surface area contributed by atoms with Crippen molar-refractivity contribution in [3.63, 3.8) is 0 Å². The van der Waals surface area contributed by atoms with Gasteiger partial charge in [0.2, 0.25) is 0 Å². The smallest absolute Gasteiger partial charge is 0.329 e. The third-order valence-electron chi connectivity index (χ3n) is 4.84. The molecule has 8 heteroatoms. The summed E-state index contributed by atoms with van der Waals surface area (Å²) in [6, 6.07) is 17.6. The number of rotatable bonds is 4. The highest BCUT2D eigenvalue weighted by Gasteiger charge is 2.51. The highest BCUT2D eigenvalue weighted by atomic mass is 35.5. The minimum Gasteiger partial charge on any atom is -0.359 e. The van der Waals surface area contributed by atoms with E-state index in [0.717, 1.165) is 4.90 Å². The van der Waals surface area contributed by atoms with Gasteiger partial charge in [-0.05, 0) is 48.0 Å². The summed E-state index contributed by atoms with van der Waals surface area (Å²) in [6.07, 6.45) is 0. The van der Waals surface area contributed by atoms with Crippen molar-refractivity contribution >= 4 is 34.9 Å². The Labute approximate surface area is 176 Å². The van der Waals surface area contributed by atoms with E-state index in [1.54, 1.807) is 36.4 Å². The average Bonchev–Trinajstić information content (AvgIpc) is 2.74. The quantitative estimate of drug-likeness (QED) is 0.591. The van der Waals surface area contributed by atoms with Crippen molar-refractivity contribution in [1.82, 2.24) is 5.32 Å². The number of halogens is 2. The molecule has 6 nitrogen and oxygen atoms in total. The normalized spacial score (nSPS) is 17.8. The first-order chi connectivity index (χ1) is 14.4. The molecule has 0 saturated heterocycles. The van der Waals surface area contributed by atoms with Gasteiger partial charge in [-0.2, -0.15) is 0 Å². The van der Waals surface area contributed by atoms with Crippen molar-refractivity contribution in [1.29, 1.82) is 0 Å². The molecule has 3 N–H and O–H groups in total. The molecule has 1 unspecified atom stereocenters. The molecule has 1 heterocycles.